The Bertz CT molecular complexity index is 638. The van der Waals surface area contributed by atoms with E-state index < -0.39 is 5.97 Å². The van der Waals surface area contributed by atoms with Crippen molar-refractivity contribution < 1.29 is 13.9 Å². The van der Waals surface area contributed by atoms with Crippen LogP contribution in [0.4, 0.5) is 10.2 Å². The molecule has 0 aliphatic carbocycles. The van der Waals surface area contributed by atoms with Gasteiger partial charge in [0.1, 0.15) is 11.6 Å². The Balaban J connectivity index is 0.000000745. The summed E-state index contributed by atoms with van der Waals surface area (Å²) in [6.45, 7) is 7.38. The number of esters is 1. The molecule has 0 bridgehead atoms. The Kier molecular flexibility index (Phi) is 6.82. The minimum absolute atomic E-state index is 0.121. The Morgan fingerprint density at radius 3 is 2.73 bits per heavy atom. The summed E-state index contributed by atoms with van der Waals surface area (Å²) in [5, 5.41) is 4.02. The second kappa shape index (κ2) is 8.61. The first-order valence-electron chi connectivity index (χ1n) is 6.84. The largest absolute Gasteiger partial charge is 0.461 e. The zero-order valence-electron chi connectivity index (χ0n) is 12.8. The number of nitrogens with zero attached hydrogens (tertiary/aromatic N) is 2. The summed E-state index contributed by atoms with van der Waals surface area (Å²) in [5.41, 5.74) is 6.32. The van der Waals surface area contributed by atoms with Crippen LogP contribution in [0.3, 0.4) is 0 Å². The van der Waals surface area contributed by atoms with E-state index in [4.69, 9.17) is 10.5 Å². The standard InChI is InChI=1S/C13H14FN3O2.C3H6/c1-2-19-13(18)11-7-12(15)17(16-11)8-9-5-3-4-6-10(9)14;1-3-2/h3-7H,2,8,15H2,1H3;3H,1H2,2H3. The molecule has 0 fully saturated rings. The van der Waals surface area contributed by atoms with Gasteiger partial charge in [0.15, 0.2) is 5.69 Å². The molecule has 6 heteroatoms. The van der Waals surface area contributed by atoms with Crippen LogP contribution in [0.25, 0.3) is 0 Å². The number of aromatic nitrogens is 2. The average molecular weight is 305 g/mol. The van der Waals surface area contributed by atoms with Crippen LogP contribution in [0.15, 0.2) is 43.0 Å². The van der Waals surface area contributed by atoms with Crippen molar-refractivity contribution in [3.05, 3.63) is 60.1 Å². The third-order valence-electron chi connectivity index (χ3n) is 2.57. The number of carbonyl (C=O) groups excluding carboxylic acids is 1. The van der Waals surface area contributed by atoms with E-state index in [1.807, 2.05) is 6.92 Å². The van der Waals surface area contributed by atoms with Gasteiger partial charge in [-0.25, -0.2) is 13.9 Å². The maximum atomic E-state index is 13.5. The second-order valence-corrected chi connectivity index (χ2v) is 4.33. The number of benzene rings is 1. The molecule has 1 aromatic carbocycles. The molecule has 0 saturated carbocycles. The van der Waals surface area contributed by atoms with Crippen LogP contribution in [0.1, 0.15) is 29.9 Å². The van der Waals surface area contributed by atoms with Crippen LogP contribution in [0.2, 0.25) is 0 Å². The van der Waals surface area contributed by atoms with Crippen LogP contribution in [0.5, 0.6) is 0 Å². The van der Waals surface area contributed by atoms with E-state index in [1.165, 1.54) is 16.8 Å². The fraction of sp³-hybridized carbons (Fsp3) is 0.250. The molecule has 0 atom stereocenters. The van der Waals surface area contributed by atoms with Gasteiger partial charge in [0.2, 0.25) is 0 Å². The highest BCUT2D eigenvalue weighted by Gasteiger charge is 2.14. The van der Waals surface area contributed by atoms with Crippen molar-refractivity contribution in [1.82, 2.24) is 9.78 Å². The first-order chi connectivity index (χ1) is 10.5. The molecule has 2 aromatic rings. The van der Waals surface area contributed by atoms with Gasteiger partial charge in [-0.2, -0.15) is 5.10 Å². The fourth-order valence-corrected chi connectivity index (χ4v) is 1.65. The maximum absolute atomic E-state index is 13.5. The summed E-state index contributed by atoms with van der Waals surface area (Å²) in [5.74, 6) is -0.595. The van der Waals surface area contributed by atoms with E-state index in [0.717, 1.165) is 0 Å². The Morgan fingerprint density at radius 2 is 2.14 bits per heavy atom. The number of rotatable bonds is 4. The molecule has 118 valence electrons. The average Bonchev–Trinajstić information content (AvgIpc) is 2.84. The summed E-state index contributed by atoms with van der Waals surface area (Å²) >= 11 is 0. The first kappa shape index (κ1) is 17.4. The molecule has 5 nitrogen and oxygen atoms in total. The number of halogens is 1. The highest BCUT2D eigenvalue weighted by Crippen LogP contribution is 2.13. The predicted molar refractivity (Wildman–Crippen MR) is 84.0 cm³/mol. The van der Waals surface area contributed by atoms with Crippen molar-refractivity contribution in [2.24, 2.45) is 0 Å². The van der Waals surface area contributed by atoms with Crippen LogP contribution >= 0.6 is 0 Å². The molecule has 2 rings (SSSR count). The van der Waals surface area contributed by atoms with Crippen LogP contribution in [-0.4, -0.2) is 22.4 Å². The van der Waals surface area contributed by atoms with Crippen molar-refractivity contribution in [2.75, 3.05) is 12.3 Å². The van der Waals surface area contributed by atoms with Crippen molar-refractivity contribution in [3.8, 4) is 0 Å². The lowest BCUT2D eigenvalue weighted by molar-refractivity contribution is 0.0518. The van der Waals surface area contributed by atoms with Crippen LogP contribution in [-0.2, 0) is 11.3 Å². The van der Waals surface area contributed by atoms with Crippen molar-refractivity contribution >= 4 is 11.8 Å². The highest BCUT2D eigenvalue weighted by molar-refractivity contribution is 5.88. The Labute approximate surface area is 129 Å². The summed E-state index contributed by atoms with van der Waals surface area (Å²) in [6, 6.07) is 7.75. The molecule has 0 radical (unpaired) electrons. The Morgan fingerprint density at radius 1 is 1.50 bits per heavy atom. The number of carbonyl (C=O) groups is 1. The second-order valence-electron chi connectivity index (χ2n) is 4.33. The van der Waals surface area contributed by atoms with Gasteiger partial charge in [0.25, 0.3) is 0 Å². The number of hydrogen-bond acceptors (Lipinski definition) is 4. The maximum Gasteiger partial charge on any atom is 0.358 e. The molecule has 0 spiro atoms. The van der Waals surface area contributed by atoms with Crippen molar-refractivity contribution in [3.63, 3.8) is 0 Å². The lowest BCUT2D eigenvalue weighted by Gasteiger charge is -2.05. The van der Waals surface area contributed by atoms with Gasteiger partial charge in [-0.3, -0.25) is 0 Å². The molecule has 1 aromatic heterocycles. The molecule has 0 amide bonds. The number of nitrogens with two attached hydrogens (primary N) is 1. The lowest BCUT2D eigenvalue weighted by atomic mass is 10.2. The highest BCUT2D eigenvalue weighted by atomic mass is 19.1. The zero-order chi connectivity index (χ0) is 16.5. The first-order valence-corrected chi connectivity index (χ1v) is 6.84. The molecular weight excluding hydrogens is 285 g/mol. The quantitative estimate of drug-likeness (QED) is 0.696. The molecule has 0 aliphatic rings. The summed E-state index contributed by atoms with van der Waals surface area (Å²) < 4.78 is 19.7. The molecular formula is C16H20FN3O2. The van der Waals surface area contributed by atoms with E-state index in [-0.39, 0.29) is 30.5 Å². The van der Waals surface area contributed by atoms with Gasteiger partial charge in [-0.05, 0) is 19.9 Å². The van der Waals surface area contributed by atoms with Gasteiger partial charge >= 0.3 is 5.97 Å². The number of hydrogen-bond donors (Lipinski definition) is 1. The summed E-state index contributed by atoms with van der Waals surface area (Å²) in [4.78, 5) is 11.5. The molecule has 0 aliphatic heterocycles. The van der Waals surface area contributed by atoms with Gasteiger partial charge < -0.3 is 10.5 Å². The molecule has 22 heavy (non-hydrogen) atoms. The topological polar surface area (TPSA) is 70.1 Å². The van der Waals surface area contributed by atoms with Gasteiger partial charge in [0.05, 0.1) is 13.2 Å². The monoisotopic (exact) mass is 305 g/mol. The predicted octanol–water partition coefficient (Wildman–Crippen LogP) is 3.02. The van der Waals surface area contributed by atoms with Gasteiger partial charge in [-0.1, -0.05) is 24.3 Å². The van der Waals surface area contributed by atoms with E-state index in [2.05, 4.69) is 11.7 Å². The van der Waals surface area contributed by atoms with E-state index in [9.17, 15) is 9.18 Å². The normalized spacial score (nSPS) is 9.59. The smallest absolute Gasteiger partial charge is 0.358 e. The summed E-state index contributed by atoms with van der Waals surface area (Å²) in [7, 11) is 0. The Hall–Kier alpha value is -2.63. The third-order valence-corrected chi connectivity index (χ3v) is 2.57. The van der Waals surface area contributed by atoms with Crippen molar-refractivity contribution in [1.29, 1.82) is 0 Å². The number of ether oxygens (including phenoxy) is 1. The van der Waals surface area contributed by atoms with Crippen molar-refractivity contribution in [2.45, 2.75) is 20.4 Å². The minimum atomic E-state index is -0.540. The number of anilines is 1. The number of allylic oxidation sites excluding steroid dienone is 1. The van der Waals surface area contributed by atoms with Gasteiger partial charge in [0, 0.05) is 11.6 Å². The number of nitrogen functional groups attached to an aromatic ring is 1. The molecule has 1 heterocycles. The fourth-order valence-electron chi connectivity index (χ4n) is 1.65. The van der Waals surface area contributed by atoms with E-state index in [1.54, 1.807) is 31.2 Å². The van der Waals surface area contributed by atoms with E-state index in [0.29, 0.717) is 5.56 Å². The summed E-state index contributed by atoms with van der Waals surface area (Å²) in [6.07, 6.45) is 1.75. The third kappa shape index (κ3) is 4.73. The lowest BCUT2D eigenvalue weighted by Crippen LogP contribution is -2.09. The van der Waals surface area contributed by atoms with Crippen LogP contribution in [0, 0.1) is 5.82 Å². The SMILES string of the molecule is C=CC.CCOC(=O)c1cc(N)n(Cc2ccccc2F)n1. The molecule has 2 N–H and O–H groups in total. The molecule has 0 unspecified atom stereocenters. The van der Waals surface area contributed by atoms with Crippen LogP contribution < -0.4 is 5.73 Å². The molecule has 0 saturated heterocycles. The van der Waals surface area contributed by atoms with Gasteiger partial charge in [-0.15, -0.1) is 6.58 Å². The zero-order valence-corrected chi connectivity index (χ0v) is 12.8. The van der Waals surface area contributed by atoms with E-state index >= 15 is 0 Å². The minimum Gasteiger partial charge on any atom is -0.461 e.